The highest BCUT2D eigenvalue weighted by Crippen LogP contribution is 2.29. The monoisotopic (exact) mass is 385 g/mol. The molecule has 2 aromatic carbocycles. The Bertz CT molecular complexity index is 1080. The van der Waals surface area contributed by atoms with Gasteiger partial charge in [0, 0.05) is 29.6 Å². The number of carbonyl (C=O) groups excluding carboxylic acids is 2. The van der Waals surface area contributed by atoms with Crippen LogP contribution in [-0.2, 0) is 12.8 Å². The van der Waals surface area contributed by atoms with Crippen LogP contribution in [0.15, 0.2) is 36.4 Å². The molecule has 0 radical (unpaired) electrons. The van der Waals surface area contributed by atoms with Gasteiger partial charge in [-0.15, -0.1) is 0 Å². The summed E-state index contributed by atoms with van der Waals surface area (Å²) in [6.07, 6.45) is 0.806. The van der Waals surface area contributed by atoms with Gasteiger partial charge in [-0.05, 0) is 42.2 Å². The summed E-state index contributed by atoms with van der Waals surface area (Å²) in [6, 6.07) is 10.2. The van der Waals surface area contributed by atoms with E-state index in [-0.39, 0.29) is 11.5 Å². The summed E-state index contributed by atoms with van der Waals surface area (Å²) in [7, 11) is 0. The Morgan fingerprint density at radius 1 is 1.15 bits per heavy atom. The number of primary amides is 1. The first-order chi connectivity index (χ1) is 13.0. The number of aromatic nitrogens is 1. The van der Waals surface area contributed by atoms with Crippen molar-refractivity contribution in [1.82, 2.24) is 9.88 Å². The Labute approximate surface area is 159 Å². The molecule has 5 nitrogen and oxygen atoms in total. The molecule has 1 aliphatic heterocycles. The standard InChI is InChI=1S/C20H17ClFN3O2/c21-17-14-3-1-2-4-16(14)24-18(17)20(27)25-7-5-11-9-12(19(23)26)10-15(22)13(11)6-8-25/h1-4,9-10,24H,5-8H2,(H2,23,26). The molecule has 138 valence electrons. The first kappa shape index (κ1) is 17.5. The molecule has 0 fully saturated rings. The van der Waals surface area contributed by atoms with Crippen molar-refractivity contribution in [2.75, 3.05) is 13.1 Å². The van der Waals surface area contributed by atoms with Crippen molar-refractivity contribution in [2.24, 2.45) is 5.73 Å². The van der Waals surface area contributed by atoms with Crippen LogP contribution < -0.4 is 5.73 Å². The average molecular weight is 386 g/mol. The number of nitrogens with one attached hydrogen (secondary N) is 1. The van der Waals surface area contributed by atoms with Gasteiger partial charge in [-0.25, -0.2) is 4.39 Å². The van der Waals surface area contributed by atoms with Crippen molar-refractivity contribution in [2.45, 2.75) is 12.8 Å². The van der Waals surface area contributed by atoms with Crippen LogP contribution in [0.1, 0.15) is 32.0 Å². The number of amides is 2. The molecule has 2 heterocycles. The summed E-state index contributed by atoms with van der Waals surface area (Å²) in [5.41, 5.74) is 7.78. The van der Waals surface area contributed by atoms with Gasteiger partial charge in [-0.1, -0.05) is 29.8 Å². The number of halogens is 2. The summed E-state index contributed by atoms with van der Waals surface area (Å²) in [4.78, 5) is 29.1. The smallest absolute Gasteiger partial charge is 0.271 e. The van der Waals surface area contributed by atoms with Crippen molar-refractivity contribution in [3.05, 3.63) is 69.6 Å². The van der Waals surface area contributed by atoms with E-state index >= 15 is 0 Å². The Morgan fingerprint density at radius 3 is 2.63 bits per heavy atom. The van der Waals surface area contributed by atoms with Crippen LogP contribution in [0.25, 0.3) is 10.9 Å². The fourth-order valence-corrected chi connectivity index (χ4v) is 3.86. The third-order valence-electron chi connectivity index (χ3n) is 5.00. The van der Waals surface area contributed by atoms with Crippen molar-refractivity contribution in [3.8, 4) is 0 Å². The van der Waals surface area contributed by atoms with E-state index in [4.69, 9.17) is 17.3 Å². The van der Waals surface area contributed by atoms with Crippen LogP contribution >= 0.6 is 11.6 Å². The fourth-order valence-electron chi connectivity index (χ4n) is 3.57. The van der Waals surface area contributed by atoms with Gasteiger partial charge >= 0.3 is 0 Å². The molecule has 0 unspecified atom stereocenters. The average Bonchev–Trinajstić information content (AvgIpc) is 2.84. The molecule has 0 spiro atoms. The van der Waals surface area contributed by atoms with Gasteiger partial charge in [0.1, 0.15) is 11.5 Å². The van der Waals surface area contributed by atoms with E-state index in [0.29, 0.717) is 47.8 Å². The zero-order valence-corrected chi connectivity index (χ0v) is 15.1. The maximum atomic E-state index is 14.4. The predicted molar refractivity (Wildman–Crippen MR) is 102 cm³/mol. The lowest BCUT2D eigenvalue weighted by Gasteiger charge is -2.19. The number of nitrogens with zero attached hydrogens (tertiary/aromatic N) is 1. The van der Waals surface area contributed by atoms with Gasteiger partial charge in [0.2, 0.25) is 5.91 Å². The minimum atomic E-state index is -0.668. The lowest BCUT2D eigenvalue weighted by molar-refractivity contribution is 0.0758. The van der Waals surface area contributed by atoms with E-state index < -0.39 is 11.7 Å². The molecule has 0 bridgehead atoms. The molecule has 1 aliphatic rings. The zero-order chi connectivity index (χ0) is 19.1. The highest BCUT2D eigenvalue weighted by Gasteiger charge is 2.25. The third-order valence-corrected chi connectivity index (χ3v) is 5.39. The second kappa shape index (κ2) is 6.70. The highest BCUT2D eigenvalue weighted by molar-refractivity contribution is 6.38. The van der Waals surface area contributed by atoms with Crippen LogP contribution in [0.5, 0.6) is 0 Å². The van der Waals surface area contributed by atoms with Gasteiger partial charge in [-0.3, -0.25) is 9.59 Å². The first-order valence-corrected chi connectivity index (χ1v) is 9.00. The summed E-state index contributed by atoms with van der Waals surface area (Å²) >= 11 is 6.39. The van der Waals surface area contributed by atoms with E-state index in [1.54, 1.807) is 11.0 Å². The summed E-state index contributed by atoms with van der Waals surface area (Å²) < 4.78 is 14.4. The van der Waals surface area contributed by atoms with Crippen molar-refractivity contribution >= 4 is 34.3 Å². The molecule has 0 aliphatic carbocycles. The molecule has 0 saturated heterocycles. The Hall–Kier alpha value is -2.86. The minimum absolute atomic E-state index is 0.143. The number of para-hydroxylation sites is 1. The molecule has 0 saturated carbocycles. The maximum Gasteiger partial charge on any atom is 0.271 e. The highest BCUT2D eigenvalue weighted by atomic mass is 35.5. The third kappa shape index (κ3) is 3.06. The largest absolute Gasteiger partial charge is 0.366 e. The Morgan fingerprint density at radius 2 is 1.89 bits per heavy atom. The SMILES string of the molecule is NC(=O)c1cc(F)c2c(c1)CCN(C(=O)c1[nH]c3ccccc3c1Cl)CC2. The van der Waals surface area contributed by atoms with Crippen LogP contribution in [0, 0.1) is 5.82 Å². The second-order valence-electron chi connectivity index (χ2n) is 6.61. The van der Waals surface area contributed by atoms with E-state index in [1.807, 2.05) is 24.3 Å². The van der Waals surface area contributed by atoms with Crippen LogP contribution in [-0.4, -0.2) is 34.8 Å². The predicted octanol–water partition coefficient (Wildman–Crippen LogP) is 3.30. The zero-order valence-electron chi connectivity index (χ0n) is 14.4. The Kier molecular flexibility index (Phi) is 4.36. The summed E-state index contributed by atoms with van der Waals surface area (Å²) in [5.74, 6) is -1.35. The topological polar surface area (TPSA) is 79.2 Å². The lowest BCUT2D eigenvalue weighted by Crippen LogP contribution is -2.33. The van der Waals surface area contributed by atoms with Crippen molar-refractivity contribution in [1.29, 1.82) is 0 Å². The molecule has 2 amide bonds. The quantitative estimate of drug-likeness (QED) is 0.709. The molecule has 7 heteroatoms. The molecular weight excluding hydrogens is 369 g/mol. The maximum absolute atomic E-state index is 14.4. The van der Waals surface area contributed by atoms with E-state index in [0.717, 1.165) is 17.0 Å². The Balaban J connectivity index is 1.63. The molecule has 0 atom stereocenters. The van der Waals surface area contributed by atoms with Crippen LogP contribution in [0.4, 0.5) is 4.39 Å². The number of fused-ring (bicyclic) bond motifs is 2. The molecular formula is C20H17ClFN3O2. The summed E-state index contributed by atoms with van der Waals surface area (Å²) in [5, 5.41) is 1.18. The van der Waals surface area contributed by atoms with Gasteiger partial charge in [0.15, 0.2) is 0 Å². The minimum Gasteiger partial charge on any atom is -0.366 e. The second-order valence-corrected chi connectivity index (χ2v) is 6.99. The molecule has 3 aromatic rings. The number of hydrogen-bond acceptors (Lipinski definition) is 2. The molecule has 4 rings (SSSR count). The molecule has 3 N–H and O–H groups in total. The lowest BCUT2D eigenvalue weighted by atomic mass is 9.99. The molecule has 27 heavy (non-hydrogen) atoms. The van der Waals surface area contributed by atoms with Crippen molar-refractivity contribution in [3.63, 3.8) is 0 Å². The van der Waals surface area contributed by atoms with Crippen LogP contribution in [0.2, 0.25) is 5.02 Å². The summed E-state index contributed by atoms with van der Waals surface area (Å²) in [6.45, 7) is 0.767. The number of rotatable bonds is 2. The molecule has 1 aromatic heterocycles. The van der Waals surface area contributed by atoms with Gasteiger partial charge < -0.3 is 15.6 Å². The number of nitrogens with two attached hydrogens (primary N) is 1. The number of benzene rings is 2. The number of carbonyl (C=O) groups is 2. The fraction of sp³-hybridized carbons (Fsp3) is 0.200. The van der Waals surface area contributed by atoms with Crippen LogP contribution in [0.3, 0.4) is 0 Å². The van der Waals surface area contributed by atoms with Gasteiger partial charge in [-0.2, -0.15) is 0 Å². The van der Waals surface area contributed by atoms with E-state index in [1.165, 1.54) is 0 Å². The number of aromatic amines is 1. The van der Waals surface area contributed by atoms with Gasteiger partial charge in [0.25, 0.3) is 5.91 Å². The van der Waals surface area contributed by atoms with Gasteiger partial charge in [0.05, 0.1) is 5.02 Å². The first-order valence-electron chi connectivity index (χ1n) is 8.62. The van der Waals surface area contributed by atoms with Crippen molar-refractivity contribution < 1.29 is 14.0 Å². The normalized spacial score (nSPS) is 14.1. The number of hydrogen-bond donors (Lipinski definition) is 2. The van der Waals surface area contributed by atoms with E-state index in [2.05, 4.69) is 4.98 Å². The van der Waals surface area contributed by atoms with E-state index in [9.17, 15) is 14.0 Å². The number of H-pyrrole nitrogens is 1.